The minimum Gasteiger partial charge on any atom is -0.454 e. The Balaban J connectivity index is 1.17. The SMILES string of the molecule is N#Cc1cc(NC(=O)c2cccc(Br)c2)cc(Oc2cnc(-c3cc(Cl)cc(C(=O)Nc4cc(C#N)cc(Oc5cncnc5)c4)n3)nc2)c1. The van der Waals surface area contributed by atoms with Gasteiger partial charge < -0.3 is 20.1 Å². The van der Waals surface area contributed by atoms with E-state index >= 15 is 0 Å². The number of carbonyl (C=O) groups is 2. The van der Waals surface area contributed by atoms with Gasteiger partial charge in [0.15, 0.2) is 17.3 Å². The Kier molecular flexibility index (Phi) is 9.95. The second-order valence-corrected chi connectivity index (χ2v) is 11.6. The summed E-state index contributed by atoms with van der Waals surface area (Å²) in [6, 6.07) is 22.9. The van der Waals surface area contributed by atoms with Crippen LogP contribution in [0, 0.1) is 22.7 Å². The van der Waals surface area contributed by atoms with Crippen LogP contribution in [0.25, 0.3) is 11.5 Å². The van der Waals surface area contributed by atoms with Gasteiger partial charge in [-0.2, -0.15) is 10.5 Å². The van der Waals surface area contributed by atoms with E-state index in [1.807, 2.05) is 6.07 Å². The van der Waals surface area contributed by atoms with Crippen molar-refractivity contribution in [3.05, 3.63) is 136 Å². The van der Waals surface area contributed by atoms with Gasteiger partial charge >= 0.3 is 0 Å². The number of pyridine rings is 1. The number of hydrogen-bond acceptors (Lipinski definition) is 11. The topological polar surface area (TPSA) is 189 Å². The average Bonchev–Trinajstić information content (AvgIpc) is 3.11. The van der Waals surface area contributed by atoms with Gasteiger partial charge in [0.2, 0.25) is 0 Å². The first-order valence-corrected chi connectivity index (χ1v) is 15.5. The molecule has 0 unspecified atom stereocenters. The fraction of sp³-hybridized carbons (Fsp3) is 0. The first-order chi connectivity index (χ1) is 24.2. The molecule has 50 heavy (non-hydrogen) atoms. The number of ether oxygens (including phenoxy) is 2. The summed E-state index contributed by atoms with van der Waals surface area (Å²) in [5, 5.41) is 24.7. The molecule has 13 nitrogen and oxygen atoms in total. The minimum absolute atomic E-state index is 0.0385. The Morgan fingerprint density at radius 2 is 1.32 bits per heavy atom. The van der Waals surface area contributed by atoms with Crippen molar-refractivity contribution in [1.29, 1.82) is 10.5 Å². The second kappa shape index (κ2) is 15.0. The van der Waals surface area contributed by atoms with E-state index in [-0.39, 0.29) is 62.2 Å². The van der Waals surface area contributed by atoms with Gasteiger partial charge in [0.25, 0.3) is 11.8 Å². The van der Waals surface area contributed by atoms with Crippen molar-refractivity contribution in [2.24, 2.45) is 0 Å². The lowest BCUT2D eigenvalue weighted by Gasteiger charge is -2.11. The third-order valence-corrected chi connectivity index (χ3v) is 7.27. The normalized spacial score (nSPS) is 10.3. The molecule has 6 aromatic rings. The average molecular weight is 745 g/mol. The van der Waals surface area contributed by atoms with Gasteiger partial charge in [0, 0.05) is 38.6 Å². The number of rotatable bonds is 9. The van der Waals surface area contributed by atoms with Crippen LogP contribution >= 0.6 is 27.5 Å². The predicted octanol–water partition coefficient (Wildman–Crippen LogP) is 7.58. The lowest BCUT2D eigenvalue weighted by molar-refractivity contribution is 0.101. The van der Waals surface area contributed by atoms with Crippen molar-refractivity contribution in [1.82, 2.24) is 24.9 Å². The van der Waals surface area contributed by atoms with Gasteiger partial charge in [-0.05, 0) is 54.6 Å². The highest BCUT2D eigenvalue weighted by Gasteiger charge is 2.16. The number of carbonyl (C=O) groups excluding carboxylic acids is 2. The van der Waals surface area contributed by atoms with E-state index in [4.69, 9.17) is 21.1 Å². The summed E-state index contributed by atoms with van der Waals surface area (Å²) in [5.74, 6) is 0.285. The molecule has 0 aliphatic heterocycles. The summed E-state index contributed by atoms with van der Waals surface area (Å²) < 4.78 is 12.4. The molecule has 0 saturated carbocycles. The molecule has 0 spiro atoms. The van der Waals surface area contributed by atoms with Crippen LogP contribution in [-0.4, -0.2) is 36.7 Å². The Morgan fingerprint density at radius 3 is 1.92 bits per heavy atom. The van der Waals surface area contributed by atoms with E-state index < -0.39 is 5.91 Å². The summed E-state index contributed by atoms with van der Waals surface area (Å²) in [6.45, 7) is 0. The first-order valence-electron chi connectivity index (χ1n) is 14.3. The number of nitrogens with one attached hydrogen (secondary N) is 2. The monoisotopic (exact) mass is 743 g/mol. The predicted molar refractivity (Wildman–Crippen MR) is 185 cm³/mol. The Labute approximate surface area is 297 Å². The van der Waals surface area contributed by atoms with Crippen molar-refractivity contribution in [3.63, 3.8) is 0 Å². The van der Waals surface area contributed by atoms with Gasteiger partial charge in [-0.1, -0.05) is 33.6 Å². The molecule has 0 fully saturated rings. The van der Waals surface area contributed by atoms with E-state index in [9.17, 15) is 20.1 Å². The number of nitrogens with zero attached hydrogens (tertiary/aromatic N) is 7. The molecule has 3 heterocycles. The van der Waals surface area contributed by atoms with Gasteiger partial charge in [0.1, 0.15) is 29.2 Å². The van der Waals surface area contributed by atoms with Crippen LogP contribution in [0.3, 0.4) is 0 Å². The first kappa shape index (κ1) is 33.2. The zero-order valence-corrected chi connectivity index (χ0v) is 27.7. The number of nitriles is 2. The van der Waals surface area contributed by atoms with Crippen molar-refractivity contribution in [2.45, 2.75) is 0 Å². The summed E-state index contributed by atoms with van der Waals surface area (Å²) in [4.78, 5) is 46.8. The van der Waals surface area contributed by atoms with Crippen molar-refractivity contribution in [3.8, 4) is 46.7 Å². The van der Waals surface area contributed by atoms with Crippen LogP contribution < -0.4 is 20.1 Å². The number of hydrogen-bond donors (Lipinski definition) is 2. The fourth-order valence-electron chi connectivity index (χ4n) is 4.46. The third-order valence-electron chi connectivity index (χ3n) is 6.56. The van der Waals surface area contributed by atoms with E-state index in [1.54, 1.807) is 30.3 Å². The molecule has 6 rings (SSSR count). The third kappa shape index (κ3) is 8.39. The van der Waals surface area contributed by atoms with Gasteiger partial charge in [-0.25, -0.2) is 24.9 Å². The molecular formula is C35H19BrClN9O4. The molecule has 0 bridgehead atoms. The van der Waals surface area contributed by atoms with Crippen molar-refractivity contribution in [2.75, 3.05) is 10.6 Å². The maximum Gasteiger partial charge on any atom is 0.274 e. The molecule has 0 radical (unpaired) electrons. The molecule has 0 aliphatic carbocycles. The molecule has 0 atom stereocenters. The smallest absolute Gasteiger partial charge is 0.274 e. The van der Waals surface area contributed by atoms with Crippen LogP contribution in [0.15, 0.2) is 108 Å². The van der Waals surface area contributed by atoms with Gasteiger partial charge in [-0.15, -0.1) is 0 Å². The molecular weight excluding hydrogens is 726 g/mol. The van der Waals surface area contributed by atoms with E-state index in [0.29, 0.717) is 17.0 Å². The number of halogens is 2. The molecule has 3 aromatic carbocycles. The molecule has 2 amide bonds. The second-order valence-electron chi connectivity index (χ2n) is 10.2. The van der Waals surface area contributed by atoms with Crippen LogP contribution in [-0.2, 0) is 0 Å². The number of aromatic nitrogens is 5. The molecule has 2 N–H and O–H groups in total. The number of anilines is 2. The summed E-state index contributed by atoms with van der Waals surface area (Å²) in [6.07, 6.45) is 7.04. The zero-order valence-electron chi connectivity index (χ0n) is 25.3. The molecule has 242 valence electrons. The lowest BCUT2D eigenvalue weighted by Crippen LogP contribution is -2.14. The number of amides is 2. The van der Waals surface area contributed by atoms with Crippen LogP contribution in [0.5, 0.6) is 23.0 Å². The summed E-state index contributed by atoms with van der Waals surface area (Å²) >= 11 is 9.69. The standard InChI is InChI=1S/C35H19BrClN9O4/c36-23-3-1-2-22(8-23)34(47)44-25-4-20(13-38)7-28(11-25)50-30-17-42-33(43-18-30)31-9-24(37)10-32(46-31)35(48)45-26-5-21(14-39)6-27(12-26)49-29-15-40-19-41-16-29/h1-12,15-19H,(H,44,47)(H,45,48). The molecule has 3 aromatic heterocycles. The Bertz CT molecular complexity index is 2330. The van der Waals surface area contributed by atoms with E-state index in [1.165, 1.54) is 73.6 Å². The lowest BCUT2D eigenvalue weighted by atomic mass is 10.1. The molecule has 0 saturated heterocycles. The van der Waals surface area contributed by atoms with E-state index in [0.717, 1.165) is 4.47 Å². The molecule has 0 aliphatic rings. The zero-order chi connectivity index (χ0) is 35.0. The highest BCUT2D eigenvalue weighted by molar-refractivity contribution is 9.10. The summed E-state index contributed by atoms with van der Waals surface area (Å²) in [7, 11) is 0. The summed E-state index contributed by atoms with van der Waals surface area (Å²) in [5.41, 5.74) is 1.72. The molecule has 15 heteroatoms. The van der Waals surface area contributed by atoms with Crippen LogP contribution in [0.1, 0.15) is 32.0 Å². The number of benzene rings is 3. The van der Waals surface area contributed by atoms with Gasteiger partial charge in [0.05, 0.1) is 48.1 Å². The van der Waals surface area contributed by atoms with Crippen molar-refractivity contribution < 1.29 is 19.1 Å². The Morgan fingerprint density at radius 1 is 0.720 bits per heavy atom. The highest BCUT2D eigenvalue weighted by Crippen LogP contribution is 2.29. The fourth-order valence-corrected chi connectivity index (χ4v) is 5.06. The van der Waals surface area contributed by atoms with Gasteiger partial charge in [-0.3, -0.25) is 9.59 Å². The highest BCUT2D eigenvalue weighted by atomic mass is 79.9. The largest absolute Gasteiger partial charge is 0.454 e. The minimum atomic E-state index is -0.613. The van der Waals surface area contributed by atoms with Crippen LogP contribution in [0.2, 0.25) is 5.02 Å². The quantitative estimate of drug-likeness (QED) is 0.148. The van der Waals surface area contributed by atoms with E-state index in [2.05, 4.69) is 57.6 Å². The Hall–Kier alpha value is -6.74. The van der Waals surface area contributed by atoms with Crippen molar-refractivity contribution >= 4 is 50.7 Å². The maximum atomic E-state index is 13.2. The van der Waals surface area contributed by atoms with Crippen LogP contribution in [0.4, 0.5) is 11.4 Å². The maximum absolute atomic E-state index is 13.2.